The zero-order valence-corrected chi connectivity index (χ0v) is 15.0. The molecular formula is C20H22N6O. The first kappa shape index (κ1) is 17.3. The highest BCUT2D eigenvalue weighted by Gasteiger charge is 2.24. The number of hydrogen-bond donors (Lipinski definition) is 1. The van der Waals surface area contributed by atoms with E-state index in [2.05, 4.69) is 25.4 Å². The fraction of sp³-hybridized carbons (Fsp3) is 0.350. The molecule has 0 saturated heterocycles. The van der Waals surface area contributed by atoms with Crippen LogP contribution in [0.25, 0.3) is 11.3 Å². The molecule has 1 saturated carbocycles. The van der Waals surface area contributed by atoms with Crippen molar-refractivity contribution in [2.75, 3.05) is 0 Å². The summed E-state index contributed by atoms with van der Waals surface area (Å²) in [6.07, 6.45) is 16.7. The summed E-state index contributed by atoms with van der Waals surface area (Å²) in [7, 11) is 0. The van der Waals surface area contributed by atoms with E-state index in [0.29, 0.717) is 12.5 Å². The zero-order chi connectivity index (χ0) is 18.5. The van der Waals surface area contributed by atoms with Gasteiger partial charge in [0.1, 0.15) is 0 Å². The number of nitrogens with zero attached hydrogens (tertiary/aromatic N) is 5. The van der Waals surface area contributed by atoms with E-state index in [1.54, 1.807) is 31.0 Å². The third-order valence-electron chi connectivity index (χ3n) is 5.01. The molecule has 27 heavy (non-hydrogen) atoms. The molecule has 1 aliphatic rings. The summed E-state index contributed by atoms with van der Waals surface area (Å²) in [6, 6.07) is 4.36. The Morgan fingerprint density at radius 2 is 1.85 bits per heavy atom. The Hall–Kier alpha value is -3.09. The molecule has 3 heterocycles. The molecule has 0 atom stereocenters. The Kier molecular flexibility index (Phi) is 5.18. The van der Waals surface area contributed by atoms with Gasteiger partial charge in [-0.15, -0.1) is 0 Å². The Morgan fingerprint density at radius 1 is 1.04 bits per heavy atom. The van der Waals surface area contributed by atoms with Crippen LogP contribution >= 0.6 is 0 Å². The van der Waals surface area contributed by atoms with Gasteiger partial charge in [0.15, 0.2) is 0 Å². The highest BCUT2D eigenvalue weighted by atomic mass is 16.1. The molecule has 3 aromatic rings. The van der Waals surface area contributed by atoms with Gasteiger partial charge in [0.05, 0.1) is 30.6 Å². The minimum absolute atomic E-state index is 0.0775. The minimum Gasteiger partial charge on any atom is -0.353 e. The SMILES string of the molecule is O=C(Cc1ccncc1)NC1CCC(n2cc(-c3cnccn3)cn2)CC1. The van der Waals surface area contributed by atoms with Gasteiger partial charge in [-0.1, -0.05) is 0 Å². The molecule has 1 fully saturated rings. The Labute approximate surface area is 157 Å². The summed E-state index contributed by atoms with van der Waals surface area (Å²) >= 11 is 0. The monoisotopic (exact) mass is 362 g/mol. The van der Waals surface area contributed by atoms with Crippen molar-refractivity contribution in [3.8, 4) is 11.3 Å². The van der Waals surface area contributed by atoms with E-state index >= 15 is 0 Å². The largest absolute Gasteiger partial charge is 0.353 e. The highest BCUT2D eigenvalue weighted by molar-refractivity contribution is 5.78. The number of rotatable bonds is 5. The van der Waals surface area contributed by atoms with Crippen molar-refractivity contribution in [3.63, 3.8) is 0 Å². The van der Waals surface area contributed by atoms with Gasteiger partial charge in [-0.25, -0.2) is 0 Å². The minimum atomic E-state index is 0.0775. The van der Waals surface area contributed by atoms with Crippen LogP contribution in [0.3, 0.4) is 0 Å². The zero-order valence-electron chi connectivity index (χ0n) is 15.0. The quantitative estimate of drug-likeness (QED) is 0.754. The topological polar surface area (TPSA) is 85.6 Å². The molecule has 1 amide bonds. The van der Waals surface area contributed by atoms with E-state index in [9.17, 15) is 4.79 Å². The van der Waals surface area contributed by atoms with E-state index < -0.39 is 0 Å². The van der Waals surface area contributed by atoms with Crippen LogP contribution in [-0.4, -0.2) is 36.7 Å². The van der Waals surface area contributed by atoms with Gasteiger partial charge in [-0.05, 0) is 43.4 Å². The molecular weight excluding hydrogens is 340 g/mol. The van der Waals surface area contributed by atoms with Crippen molar-refractivity contribution < 1.29 is 4.79 Å². The molecule has 1 aliphatic carbocycles. The van der Waals surface area contributed by atoms with Crippen LogP contribution in [-0.2, 0) is 11.2 Å². The molecule has 0 radical (unpaired) electrons. The van der Waals surface area contributed by atoms with E-state index in [1.807, 2.05) is 29.2 Å². The van der Waals surface area contributed by atoms with Crippen LogP contribution < -0.4 is 5.32 Å². The molecule has 7 heteroatoms. The third-order valence-corrected chi connectivity index (χ3v) is 5.01. The number of carbonyl (C=O) groups is 1. The van der Waals surface area contributed by atoms with E-state index in [-0.39, 0.29) is 11.9 Å². The second kappa shape index (κ2) is 8.07. The maximum Gasteiger partial charge on any atom is 0.224 e. The smallest absolute Gasteiger partial charge is 0.224 e. The van der Waals surface area contributed by atoms with E-state index in [4.69, 9.17) is 0 Å². The predicted molar refractivity (Wildman–Crippen MR) is 101 cm³/mol. The molecule has 4 rings (SSSR count). The van der Waals surface area contributed by atoms with Crippen LogP contribution in [0.15, 0.2) is 55.5 Å². The van der Waals surface area contributed by atoms with Crippen LogP contribution in [0.5, 0.6) is 0 Å². The Morgan fingerprint density at radius 3 is 2.59 bits per heavy atom. The molecule has 138 valence electrons. The lowest BCUT2D eigenvalue weighted by molar-refractivity contribution is -0.121. The first-order chi connectivity index (χ1) is 13.3. The van der Waals surface area contributed by atoms with Crippen molar-refractivity contribution >= 4 is 5.91 Å². The van der Waals surface area contributed by atoms with Gasteiger partial charge in [0.2, 0.25) is 5.91 Å². The van der Waals surface area contributed by atoms with Gasteiger partial charge in [-0.3, -0.25) is 24.4 Å². The van der Waals surface area contributed by atoms with Crippen LogP contribution in [0.2, 0.25) is 0 Å². The summed E-state index contributed by atoms with van der Waals surface area (Å²) in [5, 5.41) is 7.68. The Bertz CT molecular complexity index is 872. The van der Waals surface area contributed by atoms with Gasteiger partial charge < -0.3 is 5.32 Å². The fourth-order valence-corrected chi connectivity index (χ4v) is 3.57. The molecule has 0 aromatic carbocycles. The second-order valence-electron chi connectivity index (χ2n) is 6.90. The lowest BCUT2D eigenvalue weighted by Gasteiger charge is -2.29. The summed E-state index contributed by atoms with van der Waals surface area (Å²) in [5.41, 5.74) is 2.81. The van der Waals surface area contributed by atoms with Crippen molar-refractivity contribution in [2.45, 2.75) is 44.2 Å². The highest BCUT2D eigenvalue weighted by Crippen LogP contribution is 2.29. The van der Waals surface area contributed by atoms with Crippen molar-refractivity contribution in [1.29, 1.82) is 0 Å². The fourth-order valence-electron chi connectivity index (χ4n) is 3.57. The molecule has 0 spiro atoms. The summed E-state index contributed by atoms with van der Waals surface area (Å²) in [4.78, 5) is 24.6. The number of hydrogen-bond acceptors (Lipinski definition) is 5. The third kappa shape index (κ3) is 4.36. The lowest BCUT2D eigenvalue weighted by Crippen LogP contribution is -2.38. The number of aromatic nitrogens is 5. The number of carbonyl (C=O) groups excluding carboxylic acids is 1. The van der Waals surface area contributed by atoms with Gasteiger partial charge >= 0.3 is 0 Å². The number of nitrogens with one attached hydrogen (secondary N) is 1. The van der Waals surface area contributed by atoms with E-state index in [1.165, 1.54) is 0 Å². The summed E-state index contributed by atoms with van der Waals surface area (Å²) in [5.74, 6) is 0.0775. The first-order valence-electron chi connectivity index (χ1n) is 9.27. The summed E-state index contributed by atoms with van der Waals surface area (Å²) in [6.45, 7) is 0. The average molecular weight is 362 g/mol. The maximum atomic E-state index is 12.2. The van der Waals surface area contributed by atoms with Gasteiger partial charge in [0.25, 0.3) is 0 Å². The lowest BCUT2D eigenvalue weighted by atomic mass is 9.91. The van der Waals surface area contributed by atoms with Gasteiger partial charge in [0, 0.05) is 42.6 Å². The Balaban J connectivity index is 1.29. The number of pyridine rings is 1. The van der Waals surface area contributed by atoms with Crippen molar-refractivity contribution in [3.05, 3.63) is 61.1 Å². The standard InChI is InChI=1S/C20H22N6O/c27-20(11-15-5-7-21-8-6-15)25-17-1-3-18(4-2-17)26-14-16(12-24-26)19-13-22-9-10-23-19/h5-10,12-14,17-18H,1-4,11H2,(H,25,27). The van der Waals surface area contributed by atoms with Crippen molar-refractivity contribution in [1.82, 2.24) is 30.0 Å². The van der Waals surface area contributed by atoms with Crippen LogP contribution in [0.4, 0.5) is 0 Å². The molecule has 0 bridgehead atoms. The normalized spacial score (nSPS) is 19.6. The molecule has 3 aromatic heterocycles. The maximum absolute atomic E-state index is 12.2. The first-order valence-corrected chi connectivity index (χ1v) is 9.27. The van der Waals surface area contributed by atoms with Crippen LogP contribution in [0, 0.1) is 0 Å². The average Bonchev–Trinajstić information content (AvgIpc) is 3.20. The molecule has 0 unspecified atom stereocenters. The molecule has 0 aliphatic heterocycles. The predicted octanol–water partition coefficient (Wildman–Crippen LogP) is 2.58. The van der Waals surface area contributed by atoms with Gasteiger partial charge in [-0.2, -0.15) is 5.10 Å². The van der Waals surface area contributed by atoms with Crippen molar-refractivity contribution in [2.24, 2.45) is 0 Å². The van der Waals surface area contributed by atoms with E-state index in [0.717, 1.165) is 42.5 Å². The number of amides is 1. The second-order valence-corrected chi connectivity index (χ2v) is 6.90. The summed E-state index contributed by atoms with van der Waals surface area (Å²) < 4.78 is 2.03. The molecule has 1 N–H and O–H groups in total. The van der Waals surface area contributed by atoms with Crippen LogP contribution in [0.1, 0.15) is 37.3 Å². The molecule has 7 nitrogen and oxygen atoms in total.